The highest BCUT2D eigenvalue weighted by atomic mass is 16.5. The Labute approximate surface area is 182 Å². The maximum Gasteiger partial charge on any atom is 0.273 e. The first-order chi connectivity index (χ1) is 14.9. The van der Waals surface area contributed by atoms with Crippen LogP contribution in [0.25, 0.3) is 0 Å². The Hall–Kier alpha value is -3.41. The monoisotopic (exact) mass is 417 g/mol. The molecule has 3 aromatic rings. The van der Waals surface area contributed by atoms with E-state index in [1.54, 1.807) is 6.07 Å². The molecule has 0 fully saturated rings. The number of hydrogen-bond acceptors (Lipinski definition) is 4. The van der Waals surface area contributed by atoms with Crippen LogP contribution in [0.4, 0.5) is 5.69 Å². The van der Waals surface area contributed by atoms with Gasteiger partial charge in [0.2, 0.25) is 0 Å². The summed E-state index contributed by atoms with van der Waals surface area (Å²) in [5.74, 6) is 0.919. The Balaban J connectivity index is 1.40. The summed E-state index contributed by atoms with van der Waals surface area (Å²) in [6.07, 6.45) is 1.56. The fourth-order valence-electron chi connectivity index (χ4n) is 3.82. The average Bonchev–Trinajstić information content (AvgIpc) is 3.38. The minimum absolute atomic E-state index is 0.0167. The largest absolute Gasteiger partial charge is 0.361 e. The number of nitrogens with one attached hydrogen (secondary N) is 1. The first-order valence-electron chi connectivity index (χ1n) is 10.6. The molecule has 4 rings (SSSR count). The normalized spacial score (nSPS) is 12.8. The highest BCUT2D eigenvalue weighted by Gasteiger charge is 2.25. The van der Waals surface area contributed by atoms with Crippen LogP contribution in [0.2, 0.25) is 0 Å². The third-order valence-corrected chi connectivity index (χ3v) is 5.44. The van der Waals surface area contributed by atoms with Gasteiger partial charge in [-0.2, -0.15) is 0 Å². The van der Waals surface area contributed by atoms with Gasteiger partial charge in [0.15, 0.2) is 5.69 Å². The molecule has 6 heteroatoms. The van der Waals surface area contributed by atoms with E-state index >= 15 is 0 Å². The number of aromatic nitrogens is 1. The lowest BCUT2D eigenvalue weighted by atomic mass is 10.1. The minimum Gasteiger partial charge on any atom is -0.361 e. The maximum absolute atomic E-state index is 12.9. The van der Waals surface area contributed by atoms with Crippen LogP contribution in [0, 0.1) is 12.8 Å². The number of nitrogens with zero attached hydrogens (tertiary/aromatic N) is 2. The summed E-state index contributed by atoms with van der Waals surface area (Å²) in [5, 5.41) is 6.77. The molecule has 0 atom stereocenters. The average molecular weight is 418 g/mol. The number of amides is 2. The Bertz CT molecular complexity index is 1100. The van der Waals surface area contributed by atoms with Crippen molar-refractivity contribution in [2.75, 3.05) is 11.4 Å². The fraction of sp³-hybridized carbons (Fsp3) is 0.320. The number of fused-ring (bicyclic) bond motifs is 1. The molecule has 0 bridgehead atoms. The van der Waals surface area contributed by atoms with Crippen molar-refractivity contribution in [1.29, 1.82) is 0 Å². The van der Waals surface area contributed by atoms with Crippen LogP contribution in [0.15, 0.2) is 53.1 Å². The summed E-state index contributed by atoms with van der Waals surface area (Å²) < 4.78 is 5.24. The number of hydrogen-bond donors (Lipinski definition) is 1. The molecule has 0 saturated carbocycles. The zero-order chi connectivity index (χ0) is 22.0. The number of carbonyl (C=O) groups excluding carboxylic acids is 2. The van der Waals surface area contributed by atoms with Gasteiger partial charge in [0.25, 0.3) is 11.8 Å². The number of anilines is 1. The van der Waals surface area contributed by atoms with Gasteiger partial charge in [-0.25, -0.2) is 0 Å². The summed E-state index contributed by atoms with van der Waals surface area (Å²) in [7, 11) is 0. The lowest BCUT2D eigenvalue weighted by Crippen LogP contribution is -2.28. The van der Waals surface area contributed by atoms with Crippen molar-refractivity contribution >= 4 is 17.5 Å². The molecule has 1 aromatic heterocycles. The lowest BCUT2D eigenvalue weighted by Gasteiger charge is -2.18. The molecule has 2 amide bonds. The van der Waals surface area contributed by atoms with E-state index in [4.69, 9.17) is 4.52 Å². The van der Waals surface area contributed by atoms with Crippen LogP contribution in [0.5, 0.6) is 0 Å². The van der Waals surface area contributed by atoms with Crippen LogP contribution in [0.3, 0.4) is 0 Å². The van der Waals surface area contributed by atoms with Crippen molar-refractivity contribution in [2.24, 2.45) is 5.92 Å². The van der Waals surface area contributed by atoms with Gasteiger partial charge >= 0.3 is 0 Å². The Morgan fingerprint density at radius 2 is 1.90 bits per heavy atom. The topological polar surface area (TPSA) is 75.4 Å². The second-order valence-corrected chi connectivity index (χ2v) is 8.49. The van der Waals surface area contributed by atoms with E-state index in [1.165, 1.54) is 0 Å². The van der Waals surface area contributed by atoms with Crippen LogP contribution in [-0.2, 0) is 19.4 Å². The van der Waals surface area contributed by atoms with Gasteiger partial charge in [-0.15, -0.1) is 0 Å². The van der Waals surface area contributed by atoms with Crippen molar-refractivity contribution in [3.05, 3.63) is 82.2 Å². The molecule has 1 N–H and O–H groups in total. The second-order valence-electron chi connectivity index (χ2n) is 8.49. The molecule has 0 radical (unpaired) electrons. The SMILES string of the molecule is Cc1ccc(C(=O)N2CCc3cc(CNC(=O)c4cc(CC(C)C)on4)ccc32)cc1. The quantitative estimate of drug-likeness (QED) is 0.648. The van der Waals surface area contributed by atoms with Gasteiger partial charge in [-0.05, 0) is 48.6 Å². The molecule has 0 unspecified atom stereocenters. The van der Waals surface area contributed by atoms with Crippen molar-refractivity contribution in [3.8, 4) is 0 Å². The molecule has 0 saturated heterocycles. The molecule has 160 valence electrons. The van der Waals surface area contributed by atoms with Crippen LogP contribution in [0.1, 0.15) is 57.1 Å². The van der Waals surface area contributed by atoms with Gasteiger partial charge in [0, 0.05) is 36.8 Å². The summed E-state index contributed by atoms with van der Waals surface area (Å²) in [4.78, 5) is 27.1. The molecular formula is C25H27N3O3. The Kier molecular flexibility index (Phi) is 5.89. The number of aryl methyl sites for hydroxylation is 1. The number of benzene rings is 2. The highest BCUT2D eigenvalue weighted by Crippen LogP contribution is 2.30. The molecule has 2 heterocycles. The summed E-state index contributed by atoms with van der Waals surface area (Å²) >= 11 is 0. The smallest absolute Gasteiger partial charge is 0.273 e. The zero-order valence-corrected chi connectivity index (χ0v) is 18.1. The molecule has 1 aliphatic rings. The standard InChI is InChI=1S/C25H27N3O3/c1-16(2)12-21-14-22(27-31-21)24(29)26-15-18-6-9-23-20(13-18)10-11-28(23)25(30)19-7-4-17(3)5-8-19/h4-9,13-14,16H,10-12,15H2,1-3H3,(H,26,29). The predicted octanol–water partition coefficient (Wildman–Crippen LogP) is 4.31. The summed E-state index contributed by atoms with van der Waals surface area (Å²) in [6, 6.07) is 15.3. The van der Waals surface area contributed by atoms with E-state index in [0.717, 1.165) is 41.0 Å². The van der Waals surface area contributed by atoms with Crippen molar-refractivity contribution in [1.82, 2.24) is 10.5 Å². The van der Waals surface area contributed by atoms with E-state index in [1.807, 2.05) is 48.2 Å². The molecular weight excluding hydrogens is 390 g/mol. The molecule has 1 aliphatic heterocycles. The zero-order valence-electron chi connectivity index (χ0n) is 18.1. The second kappa shape index (κ2) is 8.76. The predicted molar refractivity (Wildman–Crippen MR) is 119 cm³/mol. The van der Waals surface area contributed by atoms with Crippen molar-refractivity contribution in [2.45, 2.75) is 40.2 Å². The molecule has 2 aromatic carbocycles. The Morgan fingerprint density at radius 3 is 2.65 bits per heavy atom. The minimum atomic E-state index is -0.254. The summed E-state index contributed by atoms with van der Waals surface area (Å²) in [5.41, 5.74) is 5.17. The van der Waals surface area contributed by atoms with Crippen LogP contribution >= 0.6 is 0 Å². The van der Waals surface area contributed by atoms with E-state index in [2.05, 4.69) is 30.4 Å². The van der Waals surface area contributed by atoms with E-state index in [0.29, 0.717) is 30.3 Å². The van der Waals surface area contributed by atoms with E-state index in [9.17, 15) is 9.59 Å². The molecule has 0 aliphatic carbocycles. The van der Waals surface area contributed by atoms with Gasteiger partial charge in [-0.3, -0.25) is 9.59 Å². The first-order valence-corrected chi connectivity index (χ1v) is 10.6. The molecule has 31 heavy (non-hydrogen) atoms. The third kappa shape index (κ3) is 4.68. The van der Waals surface area contributed by atoms with Crippen molar-refractivity contribution in [3.63, 3.8) is 0 Å². The maximum atomic E-state index is 12.9. The van der Waals surface area contributed by atoms with Gasteiger partial charge in [0.05, 0.1) is 0 Å². The molecule has 6 nitrogen and oxygen atoms in total. The Morgan fingerprint density at radius 1 is 1.13 bits per heavy atom. The lowest BCUT2D eigenvalue weighted by molar-refractivity contribution is 0.0940. The number of rotatable bonds is 6. The van der Waals surface area contributed by atoms with Gasteiger partial charge in [0.1, 0.15) is 5.76 Å². The van der Waals surface area contributed by atoms with Gasteiger partial charge < -0.3 is 14.7 Å². The van der Waals surface area contributed by atoms with E-state index in [-0.39, 0.29) is 11.8 Å². The highest BCUT2D eigenvalue weighted by molar-refractivity contribution is 6.07. The first kappa shape index (κ1) is 20.8. The molecule has 0 spiro atoms. The van der Waals surface area contributed by atoms with E-state index < -0.39 is 0 Å². The third-order valence-electron chi connectivity index (χ3n) is 5.44. The van der Waals surface area contributed by atoms with Crippen LogP contribution < -0.4 is 10.2 Å². The fourth-order valence-corrected chi connectivity index (χ4v) is 3.82. The van der Waals surface area contributed by atoms with Gasteiger partial charge in [-0.1, -0.05) is 48.8 Å². The van der Waals surface area contributed by atoms with Crippen molar-refractivity contribution < 1.29 is 14.1 Å². The summed E-state index contributed by atoms with van der Waals surface area (Å²) in [6.45, 7) is 7.24. The number of carbonyl (C=O) groups is 2. The van der Waals surface area contributed by atoms with Crippen LogP contribution in [-0.4, -0.2) is 23.5 Å².